The number of amides is 1. The second-order valence-electron chi connectivity index (χ2n) is 7.19. The summed E-state index contributed by atoms with van der Waals surface area (Å²) in [6.07, 6.45) is 12.6. The third-order valence-electron chi connectivity index (χ3n) is 4.61. The van der Waals surface area contributed by atoms with Crippen molar-refractivity contribution in [3.05, 3.63) is 84.7 Å². The third kappa shape index (κ3) is 7.14. The Kier molecular flexibility index (Phi) is 9.26. The number of anilines is 1. The highest BCUT2D eigenvalue weighted by molar-refractivity contribution is 6.54. The Balaban J connectivity index is 2.12. The van der Waals surface area contributed by atoms with E-state index in [1.54, 1.807) is 25.2 Å². The highest BCUT2D eigenvalue weighted by Crippen LogP contribution is 2.21. The predicted molar refractivity (Wildman–Crippen MR) is 127 cm³/mol. The van der Waals surface area contributed by atoms with E-state index < -0.39 is 12.8 Å². The zero-order valence-electron chi connectivity index (χ0n) is 17.7. The lowest BCUT2D eigenvalue weighted by molar-refractivity contribution is -0.118. The van der Waals surface area contributed by atoms with E-state index >= 15 is 0 Å². The standard InChI is InChI=1S/C24H30BN3O2/c1-4-6-19(9-8-18(2)7-5-13-25(3)30)23(16-26)24(29)28-22-11-10-21-17-27-14-12-20(21)15-22/h5-6,8-15,17,23,30H,2,4,7,16,26H2,1,3H3,(H,28,29)/b9-8-,13-5-,19-6+. The minimum Gasteiger partial charge on any atom is -0.447 e. The van der Waals surface area contributed by atoms with E-state index in [-0.39, 0.29) is 12.5 Å². The molecule has 2 rings (SSSR count). The first-order valence-corrected chi connectivity index (χ1v) is 10.2. The number of fused-ring (bicyclic) bond motifs is 1. The van der Waals surface area contributed by atoms with Crippen LogP contribution in [0.1, 0.15) is 19.8 Å². The first-order chi connectivity index (χ1) is 14.4. The lowest BCUT2D eigenvalue weighted by atomic mass is 9.72. The zero-order chi connectivity index (χ0) is 21.9. The summed E-state index contributed by atoms with van der Waals surface area (Å²) in [5, 5.41) is 14.3. The molecule has 0 saturated carbocycles. The number of hydrogen-bond acceptors (Lipinski definition) is 4. The summed E-state index contributed by atoms with van der Waals surface area (Å²) < 4.78 is 0. The van der Waals surface area contributed by atoms with Crippen molar-refractivity contribution < 1.29 is 9.82 Å². The highest BCUT2D eigenvalue weighted by Gasteiger charge is 2.20. The highest BCUT2D eigenvalue weighted by atomic mass is 16.2. The van der Waals surface area contributed by atoms with Gasteiger partial charge in [-0.25, -0.2) is 0 Å². The van der Waals surface area contributed by atoms with Crippen LogP contribution >= 0.6 is 0 Å². The van der Waals surface area contributed by atoms with Gasteiger partial charge >= 0.3 is 6.92 Å². The van der Waals surface area contributed by atoms with Gasteiger partial charge in [-0.1, -0.05) is 62.2 Å². The molecule has 6 heteroatoms. The Morgan fingerprint density at radius 1 is 1.33 bits per heavy atom. The van der Waals surface area contributed by atoms with Crippen molar-refractivity contribution in [1.82, 2.24) is 4.98 Å². The molecule has 1 atom stereocenters. The van der Waals surface area contributed by atoms with Crippen molar-refractivity contribution in [3.8, 4) is 0 Å². The van der Waals surface area contributed by atoms with Crippen molar-refractivity contribution in [2.24, 2.45) is 11.7 Å². The quantitative estimate of drug-likeness (QED) is 0.408. The summed E-state index contributed by atoms with van der Waals surface area (Å²) in [4.78, 5) is 17.1. The van der Waals surface area contributed by atoms with Crippen molar-refractivity contribution in [1.29, 1.82) is 0 Å². The van der Waals surface area contributed by atoms with Crippen LogP contribution in [0.4, 0.5) is 5.69 Å². The first-order valence-electron chi connectivity index (χ1n) is 10.2. The molecule has 0 saturated heterocycles. The molecule has 5 nitrogen and oxygen atoms in total. The maximum Gasteiger partial charge on any atom is 0.312 e. The molecular weight excluding hydrogens is 373 g/mol. The lowest BCUT2D eigenvalue weighted by Gasteiger charge is -2.17. The third-order valence-corrected chi connectivity index (χ3v) is 4.61. The van der Waals surface area contributed by atoms with Crippen molar-refractivity contribution in [2.45, 2.75) is 26.6 Å². The Morgan fingerprint density at radius 3 is 2.83 bits per heavy atom. The summed E-state index contributed by atoms with van der Waals surface area (Å²) in [7, 11) is 0. The first kappa shape index (κ1) is 23.3. The lowest BCUT2D eigenvalue weighted by Crippen LogP contribution is -2.30. The maximum absolute atomic E-state index is 12.9. The van der Waals surface area contributed by atoms with E-state index in [0.717, 1.165) is 34.0 Å². The average molecular weight is 403 g/mol. The van der Waals surface area contributed by atoms with Crippen molar-refractivity contribution in [3.63, 3.8) is 0 Å². The Bertz CT molecular complexity index is 964. The zero-order valence-corrected chi connectivity index (χ0v) is 17.7. The van der Waals surface area contributed by atoms with Gasteiger partial charge in [-0.15, -0.1) is 0 Å². The molecule has 0 aliphatic rings. The van der Waals surface area contributed by atoms with Crippen LogP contribution in [0.3, 0.4) is 0 Å². The molecule has 4 N–H and O–H groups in total. The molecule has 156 valence electrons. The molecule has 2 aromatic rings. The maximum atomic E-state index is 12.9. The van der Waals surface area contributed by atoms with Gasteiger partial charge in [0.05, 0.1) is 5.92 Å². The molecule has 0 radical (unpaired) electrons. The number of nitrogens with zero attached hydrogens (tertiary/aromatic N) is 1. The second-order valence-corrected chi connectivity index (χ2v) is 7.19. The van der Waals surface area contributed by atoms with E-state index in [4.69, 9.17) is 5.73 Å². The van der Waals surface area contributed by atoms with E-state index in [1.165, 1.54) is 0 Å². The van der Waals surface area contributed by atoms with Crippen LogP contribution in [0.2, 0.25) is 6.82 Å². The number of benzene rings is 1. The SMILES string of the molecule is C=C(/C=C\C(=C/CC)C(CN)C(=O)Nc1ccc2cnccc2c1)C/C=C\B(C)O. The number of hydrogen-bond donors (Lipinski definition) is 3. The molecule has 0 aliphatic carbocycles. The molecule has 1 amide bonds. The molecule has 1 heterocycles. The number of nitrogens with one attached hydrogen (secondary N) is 1. The summed E-state index contributed by atoms with van der Waals surface area (Å²) in [5.74, 6) is 1.11. The number of rotatable bonds is 10. The smallest absolute Gasteiger partial charge is 0.312 e. The number of carbonyl (C=O) groups is 1. The average Bonchev–Trinajstić information content (AvgIpc) is 2.72. The molecule has 1 unspecified atom stereocenters. The van der Waals surface area contributed by atoms with Crippen LogP contribution in [0.15, 0.2) is 84.7 Å². The van der Waals surface area contributed by atoms with Gasteiger partial charge in [0.2, 0.25) is 5.91 Å². The van der Waals surface area contributed by atoms with Crippen molar-refractivity contribution in [2.75, 3.05) is 11.9 Å². The van der Waals surface area contributed by atoms with E-state index in [0.29, 0.717) is 6.42 Å². The molecular formula is C24H30BN3O2. The second kappa shape index (κ2) is 11.9. The minimum absolute atomic E-state index is 0.144. The Labute approximate surface area is 179 Å². The van der Waals surface area contributed by atoms with Gasteiger partial charge in [0.1, 0.15) is 0 Å². The fourth-order valence-corrected chi connectivity index (χ4v) is 3.05. The number of pyridine rings is 1. The van der Waals surface area contributed by atoms with Gasteiger partial charge in [-0.05, 0) is 42.0 Å². The van der Waals surface area contributed by atoms with Gasteiger partial charge in [-0.3, -0.25) is 9.78 Å². The van der Waals surface area contributed by atoms with E-state index in [2.05, 4.69) is 16.9 Å². The molecule has 0 fully saturated rings. The van der Waals surface area contributed by atoms with Gasteiger partial charge < -0.3 is 16.1 Å². The Hall–Kier alpha value is -2.96. The molecule has 0 aliphatic heterocycles. The molecule has 1 aromatic heterocycles. The largest absolute Gasteiger partial charge is 0.447 e. The minimum atomic E-state index is -0.478. The normalized spacial score (nSPS) is 13.1. The van der Waals surface area contributed by atoms with E-state index in [1.807, 2.05) is 55.5 Å². The summed E-state index contributed by atoms with van der Waals surface area (Å²) in [6, 6.07) is 7.64. The number of allylic oxidation sites excluding steroid dienone is 5. The van der Waals surface area contributed by atoms with Crippen LogP contribution in [0.25, 0.3) is 10.8 Å². The topological polar surface area (TPSA) is 88.2 Å². The van der Waals surface area contributed by atoms with Gasteiger partial charge in [-0.2, -0.15) is 0 Å². The molecule has 30 heavy (non-hydrogen) atoms. The fraction of sp³-hybridized carbons (Fsp3) is 0.250. The summed E-state index contributed by atoms with van der Waals surface area (Å²) in [5.41, 5.74) is 8.44. The molecule has 1 aromatic carbocycles. The summed E-state index contributed by atoms with van der Waals surface area (Å²) >= 11 is 0. The van der Waals surface area contributed by atoms with E-state index in [9.17, 15) is 9.82 Å². The fourth-order valence-electron chi connectivity index (χ4n) is 3.05. The molecule has 0 bridgehead atoms. The monoisotopic (exact) mass is 403 g/mol. The number of nitrogens with two attached hydrogens (primary N) is 1. The van der Waals surface area contributed by atoms with Crippen LogP contribution in [0.5, 0.6) is 0 Å². The van der Waals surface area contributed by atoms with Gasteiger partial charge in [0, 0.05) is 30.0 Å². The van der Waals surface area contributed by atoms with Crippen LogP contribution in [-0.4, -0.2) is 29.4 Å². The van der Waals surface area contributed by atoms with Crippen LogP contribution in [-0.2, 0) is 4.79 Å². The Morgan fingerprint density at radius 2 is 2.13 bits per heavy atom. The summed E-state index contributed by atoms with van der Waals surface area (Å²) in [6.45, 7) is 7.48. The van der Waals surface area contributed by atoms with Crippen molar-refractivity contribution >= 4 is 29.3 Å². The van der Waals surface area contributed by atoms with Crippen LogP contribution in [0, 0.1) is 5.92 Å². The van der Waals surface area contributed by atoms with Gasteiger partial charge in [0.25, 0.3) is 0 Å². The van der Waals surface area contributed by atoms with Crippen LogP contribution < -0.4 is 11.1 Å². The molecule has 0 spiro atoms. The predicted octanol–water partition coefficient (Wildman–Crippen LogP) is 4.30. The number of aromatic nitrogens is 1. The number of carbonyl (C=O) groups excluding carboxylic acids is 1. The van der Waals surface area contributed by atoms with Gasteiger partial charge in [0.15, 0.2) is 0 Å².